The third-order valence-corrected chi connectivity index (χ3v) is 3.95. The molecule has 0 saturated heterocycles. The minimum atomic E-state index is 0.109. The van der Waals surface area contributed by atoms with Crippen molar-refractivity contribution in [3.63, 3.8) is 0 Å². The molecule has 1 amide bonds. The van der Waals surface area contributed by atoms with Crippen molar-refractivity contribution in [2.75, 3.05) is 11.9 Å². The van der Waals surface area contributed by atoms with Crippen molar-refractivity contribution in [3.8, 4) is 0 Å². The molecule has 5 heteroatoms. The van der Waals surface area contributed by atoms with Gasteiger partial charge in [-0.05, 0) is 31.0 Å². The van der Waals surface area contributed by atoms with E-state index in [1.165, 1.54) is 19.3 Å². The number of carbonyl (C=O) groups excluding carboxylic acids is 1. The van der Waals surface area contributed by atoms with Crippen LogP contribution in [0.5, 0.6) is 0 Å². The Morgan fingerprint density at radius 2 is 1.75 bits per heavy atom. The Hall–Kier alpha value is -0.930. The van der Waals surface area contributed by atoms with E-state index in [2.05, 4.69) is 10.6 Å². The summed E-state index contributed by atoms with van der Waals surface area (Å²) in [6, 6.07) is 5.65. The number of halogens is 2. The minimum absolute atomic E-state index is 0.109. The Balaban J connectivity index is 1.70. The van der Waals surface area contributed by atoms with E-state index < -0.39 is 0 Å². The summed E-state index contributed by atoms with van der Waals surface area (Å²) in [5.74, 6) is 0.109. The summed E-state index contributed by atoms with van der Waals surface area (Å²) in [5.41, 5.74) is 0.841. The molecule has 1 fully saturated rings. The molecule has 0 unspecified atom stereocenters. The fraction of sp³-hybridized carbons (Fsp3) is 0.533. The lowest BCUT2D eigenvalue weighted by Crippen LogP contribution is -2.36. The second-order valence-corrected chi connectivity index (χ2v) is 6.11. The number of amides is 1. The van der Waals surface area contributed by atoms with Gasteiger partial charge >= 0.3 is 0 Å². The molecule has 0 heterocycles. The van der Waals surface area contributed by atoms with Crippen molar-refractivity contribution >= 4 is 34.8 Å². The summed E-state index contributed by atoms with van der Waals surface area (Å²) in [5, 5.41) is 7.44. The number of nitrogens with one attached hydrogen (secondary N) is 2. The van der Waals surface area contributed by atoms with E-state index in [1.807, 2.05) is 0 Å². The maximum absolute atomic E-state index is 11.8. The largest absolute Gasteiger partial charge is 0.384 e. The summed E-state index contributed by atoms with van der Waals surface area (Å²) in [6.45, 7) is 0.579. The van der Waals surface area contributed by atoms with Gasteiger partial charge < -0.3 is 10.6 Å². The van der Waals surface area contributed by atoms with Gasteiger partial charge in [0.15, 0.2) is 0 Å². The predicted octanol–water partition coefficient (Wildman–Crippen LogP) is 4.24. The highest BCUT2D eigenvalue weighted by Gasteiger charge is 2.15. The number of hydrogen-bond donors (Lipinski definition) is 2. The molecule has 0 aromatic heterocycles. The second-order valence-electron chi connectivity index (χ2n) is 5.24. The number of rotatable bonds is 5. The van der Waals surface area contributed by atoms with Crippen LogP contribution in [-0.4, -0.2) is 18.5 Å². The zero-order chi connectivity index (χ0) is 14.4. The van der Waals surface area contributed by atoms with E-state index >= 15 is 0 Å². The lowest BCUT2D eigenvalue weighted by Gasteiger charge is -2.22. The van der Waals surface area contributed by atoms with Crippen LogP contribution in [0.25, 0.3) is 0 Å². The molecule has 2 N–H and O–H groups in total. The van der Waals surface area contributed by atoms with Gasteiger partial charge in [-0.1, -0.05) is 42.5 Å². The standard InChI is InChI=1S/C15H20Cl2N2O/c16-11-8-12(17)10-14(9-11)18-7-6-15(20)19-13-4-2-1-3-5-13/h8-10,13,18H,1-7H2,(H,19,20). The van der Waals surface area contributed by atoms with Crippen LogP contribution in [0.3, 0.4) is 0 Å². The molecule has 1 aromatic rings. The summed E-state index contributed by atoms with van der Waals surface area (Å²) in [7, 11) is 0. The second kappa shape index (κ2) is 7.75. The first-order valence-corrected chi connectivity index (χ1v) is 7.88. The van der Waals surface area contributed by atoms with Crippen LogP contribution in [0, 0.1) is 0 Å². The maximum Gasteiger partial charge on any atom is 0.221 e. The maximum atomic E-state index is 11.8. The van der Waals surface area contributed by atoms with Crippen molar-refractivity contribution in [3.05, 3.63) is 28.2 Å². The van der Waals surface area contributed by atoms with E-state index in [9.17, 15) is 4.79 Å². The lowest BCUT2D eigenvalue weighted by atomic mass is 9.95. The van der Waals surface area contributed by atoms with Crippen LogP contribution in [0.4, 0.5) is 5.69 Å². The van der Waals surface area contributed by atoms with Crippen LogP contribution in [0.15, 0.2) is 18.2 Å². The lowest BCUT2D eigenvalue weighted by molar-refractivity contribution is -0.121. The van der Waals surface area contributed by atoms with Gasteiger partial charge in [0.1, 0.15) is 0 Å². The monoisotopic (exact) mass is 314 g/mol. The average molecular weight is 315 g/mol. The normalized spacial score (nSPS) is 15.9. The summed E-state index contributed by atoms with van der Waals surface area (Å²) >= 11 is 11.8. The number of hydrogen-bond acceptors (Lipinski definition) is 2. The van der Waals surface area contributed by atoms with Crippen LogP contribution < -0.4 is 10.6 Å². The highest BCUT2D eigenvalue weighted by Crippen LogP contribution is 2.22. The van der Waals surface area contributed by atoms with Crippen molar-refractivity contribution in [2.24, 2.45) is 0 Å². The molecule has 1 aliphatic rings. The van der Waals surface area contributed by atoms with Gasteiger partial charge in [-0.2, -0.15) is 0 Å². The van der Waals surface area contributed by atoms with Gasteiger partial charge in [-0.15, -0.1) is 0 Å². The SMILES string of the molecule is O=C(CCNc1cc(Cl)cc(Cl)c1)NC1CCCCC1. The Morgan fingerprint density at radius 3 is 2.40 bits per heavy atom. The molecule has 0 radical (unpaired) electrons. The molecule has 0 aliphatic heterocycles. The van der Waals surface area contributed by atoms with Crippen LogP contribution in [-0.2, 0) is 4.79 Å². The van der Waals surface area contributed by atoms with E-state index in [0.29, 0.717) is 29.1 Å². The Bertz CT molecular complexity index is 439. The van der Waals surface area contributed by atoms with Crippen molar-refractivity contribution in [1.29, 1.82) is 0 Å². The predicted molar refractivity (Wildman–Crippen MR) is 84.6 cm³/mol. The molecule has 1 saturated carbocycles. The van der Waals surface area contributed by atoms with Gasteiger partial charge in [0.05, 0.1) is 0 Å². The fourth-order valence-corrected chi connectivity index (χ4v) is 3.05. The molecule has 0 bridgehead atoms. The van der Waals surface area contributed by atoms with E-state index in [0.717, 1.165) is 18.5 Å². The smallest absolute Gasteiger partial charge is 0.221 e. The van der Waals surface area contributed by atoms with Crippen LogP contribution in [0.1, 0.15) is 38.5 Å². The average Bonchev–Trinajstić information content (AvgIpc) is 2.38. The topological polar surface area (TPSA) is 41.1 Å². The molecular formula is C15H20Cl2N2O. The molecule has 110 valence electrons. The Morgan fingerprint density at radius 1 is 1.10 bits per heavy atom. The van der Waals surface area contributed by atoms with Gasteiger partial charge in [0.2, 0.25) is 5.91 Å². The van der Waals surface area contributed by atoms with Gasteiger partial charge in [-0.3, -0.25) is 4.79 Å². The first-order valence-electron chi connectivity index (χ1n) is 7.13. The number of carbonyl (C=O) groups is 1. The van der Waals surface area contributed by atoms with Gasteiger partial charge in [0, 0.05) is 34.7 Å². The van der Waals surface area contributed by atoms with Gasteiger partial charge in [0.25, 0.3) is 0 Å². The molecule has 1 aliphatic carbocycles. The highest BCUT2D eigenvalue weighted by atomic mass is 35.5. The van der Waals surface area contributed by atoms with E-state index in [-0.39, 0.29) is 5.91 Å². The molecular weight excluding hydrogens is 295 g/mol. The van der Waals surface area contributed by atoms with Crippen LogP contribution >= 0.6 is 23.2 Å². The first kappa shape index (κ1) is 15.5. The van der Waals surface area contributed by atoms with Crippen molar-refractivity contribution in [2.45, 2.75) is 44.6 Å². The summed E-state index contributed by atoms with van der Waals surface area (Å²) in [6.07, 6.45) is 6.44. The highest BCUT2D eigenvalue weighted by molar-refractivity contribution is 6.35. The number of anilines is 1. The summed E-state index contributed by atoms with van der Waals surface area (Å²) in [4.78, 5) is 11.8. The Kier molecular flexibility index (Phi) is 5.99. The van der Waals surface area contributed by atoms with Gasteiger partial charge in [-0.25, -0.2) is 0 Å². The number of benzene rings is 1. The molecule has 20 heavy (non-hydrogen) atoms. The fourth-order valence-electron chi connectivity index (χ4n) is 2.52. The molecule has 1 aromatic carbocycles. The zero-order valence-corrected chi connectivity index (χ0v) is 12.9. The minimum Gasteiger partial charge on any atom is -0.384 e. The van der Waals surface area contributed by atoms with E-state index in [4.69, 9.17) is 23.2 Å². The summed E-state index contributed by atoms with van der Waals surface area (Å²) < 4.78 is 0. The Labute approximate surface area is 130 Å². The first-order chi connectivity index (χ1) is 9.63. The molecule has 0 atom stereocenters. The molecule has 3 nitrogen and oxygen atoms in total. The van der Waals surface area contributed by atoms with Crippen LogP contribution in [0.2, 0.25) is 10.0 Å². The third kappa shape index (κ3) is 5.22. The van der Waals surface area contributed by atoms with E-state index in [1.54, 1.807) is 18.2 Å². The zero-order valence-electron chi connectivity index (χ0n) is 11.4. The third-order valence-electron chi connectivity index (χ3n) is 3.51. The van der Waals surface area contributed by atoms with Crippen molar-refractivity contribution < 1.29 is 4.79 Å². The quantitative estimate of drug-likeness (QED) is 0.853. The van der Waals surface area contributed by atoms with Crippen molar-refractivity contribution in [1.82, 2.24) is 5.32 Å². The molecule has 2 rings (SSSR count). The molecule has 0 spiro atoms.